The molecule has 110 valence electrons. The fraction of sp³-hybridized carbons (Fsp3) is 0.235. The van der Waals surface area contributed by atoms with Crippen LogP contribution in [0.3, 0.4) is 0 Å². The van der Waals surface area contributed by atoms with Crippen molar-refractivity contribution in [3.8, 4) is 0 Å². The molecule has 0 unspecified atom stereocenters. The van der Waals surface area contributed by atoms with E-state index in [2.05, 4.69) is 12.1 Å². The minimum Gasteiger partial charge on any atom is -0.478 e. The van der Waals surface area contributed by atoms with Gasteiger partial charge in [0.1, 0.15) is 0 Å². The number of carboxylic acid groups (broad SMARTS) is 1. The van der Waals surface area contributed by atoms with Gasteiger partial charge in [-0.1, -0.05) is 30.3 Å². The molecule has 0 heterocycles. The number of benzene rings is 2. The van der Waals surface area contributed by atoms with Crippen LogP contribution in [0.25, 0.3) is 0 Å². The van der Waals surface area contributed by atoms with Crippen molar-refractivity contribution in [2.45, 2.75) is 13.3 Å². The zero-order valence-corrected chi connectivity index (χ0v) is 12.0. The van der Waals surface area contributed by atoms with Crippen LogP contribution in [0.2, 0.25) is 0 Å². The third kappa shape index (κ3) is 4.33. The topological polar surface area (TPSA) is 49.8 Å². The second kappa shape index (κ2) is 7.45. The average Bonchev–Trinajstić information content (AvgIpc) is 2.52. The predicted molar refractivity (Wildman–Crippen MR) is 82.5 cm³/mol. The summed E-state index contributed by atoms with van der Waals surface area (Å²) >= 11 is 0. The number of carboxylic acids is 1. The molecule has 0 aliphatic rings. The third-order valence-electron chi connectivity index (χ3n) is 3.13. The summed E-state index contributed by atoms with van der Waals surface area (Å²) in [5.74, 6) is -0.922. The first-order valence-electron chi connectivity index (χ1n) is 6.98. The van der Waals surface area contributed by atoms with E-state index in [0.29, 0.717) is 13.2 Å². The van der Waals surface area contributed by atoms with Crippen LogP contribution in [-0.2, 0) is 11.3 Å². The van der Waals surface area contributed by atoms with E-state index in [1.165, 1.54) is 5.56 Å². The summed E-state index contributed by atoms with van der Waals surface area (Å²) in [6.07, 6.45) is 0.863. The Morgan fingerprint density at radius 2 is 1.76 bits per heavy atom. The number of hydrogen-bond donors (Lipinski definition) is 1. The van der Waals surface area contributed by atoms with Crippen LogP contribution in [-0.4, -0.2) is 24.2 Å². The van der Waals surface area contributed by atoms with E-state index in [4.69, 9.17) is 9.94 Å². The molecule has 0 saturated carbocycles. The minimum atomic E-state index is -0.922. The van der Waals surface area contributed by atoms with Crippen molar-refractivity contribution < 1.29 is 14.7 Å². The van der Waals surface area contributed by atoms with E-state index in [9.17, 15) is 4.79 Å². The number of carbonyl (C=O) groups is 1. The molecule has 0 aliphatic carbocycles. The monoisotopic (exact) mass is 285 g/mol. The summed E-state index contributed by atoms with van der Waals surface area (Å²) < 4.78 is 0. The van der Waals surface area contributed by atoms with Crippen molar-refractivity contribution >= 4 is 11.7 Å². The summed E-state index contributed by atoms with van der Waals surface area (Å²) in [5.41, 5.74) is 2.38. The van der Waals surface area contributed by atoms with Gasteiger partial charge in [0.05, 0.1) is 17.9 Å². The van der Waals surface area contributed by atoms with Crippen molar-refractivity contribution in [2.24, 2.45) is 0 Å². The Hall–Kier alpha value is -2.33. The first-order valence-corrected chi connectivity index (χ1v) is 6.98. The number of aromatic carboxylic acids is 1. The van der Waals surface area contributed by atoms with E-state index in [1.807, 2.05) is 25.1 Å². The zero-order chi connectivity index (χ0) is 15.1. The fourth-order valence-electron chi connectivity index (χ4n) is 2.07. The Bertz CT molecular complexity index is 566. The van der Waals surface area contributed by atoms with Crippen LogP contribution < -0.4 is 5.06 Å². The molecule has 1 N–H and O–H groups in total. The summed E-state index contributed by atoms with van der Waals surface area (Å²) in [7, 11) is 0. The molecule has 2 rings (SSSR count). The molecular formula is C17H19NO3. The van der Waals surface area contributed by atoms with Crippen molar-refractivity contribution in [1.29, 1.82) is 0 Å². The van der Waals surface area contributed by atoms with Gasteiger partial charge in [-0.3, -0.25) is 9.90 Å². The lowest BCUT2D eigenvalue weighted by Gasteiger charge is -2.23. The Kier molecular flexibility index (Phi) is 5.35. The second-order valence-electron chi connectivity index (χ2n) is 4.61. The van der Waals surface area contributed by atoms with Crippen molar-refractivity contribution in [2.75, 3.05) is 18.2 Å². The molecule has 0 bridgehead atoms. The Morgan fingerprint density at radius 3 is 2.33 bits per heavy atom. The van der Waals surface area contributed by atoms with Crippen LogP contribution >= 0.6 is 0 Å². The molecule has 0 aliphatic heterocycles. The van der Waals surface area contributed by atoms with E-state index in [0.717, 1.165) is 12.1 Å². The smallest absolute Gasteiger partial charge is 0.335 e. The second-order valence-corrected chi connectivity index (χ2v) is 4.61. The lowest BCUT2D eigenvalue weighted by molar-refractivity contribution is 0.0696. The molecule has 0 saturated heterocycles. The highest BCUT2D eigenvalue weighted by molar-refractivity contribution is 5.88. The zero-order valence-electron chi connectivity index (χ0n) is 12.0. The Morgan fingerprint density at radius 1 is 1.10 bits per heavy atom. The summed E-state index contributed by atoms with van der Waals surface area (Å²) in [5, 5.41) is 10.7. The van der Waals surface area contributed by atoms with Crippen LogP contribution in [0.15, 0.2) is 54.6 Å². The van der Waals surface area contributed by atoms with Gasteiger partial charge in [0.15, 0.2) is 0 Å². The number of hydrogen-bond acceptors (Lipinski definition) is 3. The molecule has 0 aromatic heterocycles. The fourth-order valence-corrected chi connectivity index (χ4v) is 2.07. The maximum absolute atomic E-state index is 10.9. The van der Waals surface area contributed by atoms with Crippen LogP contribution in [0, 0.1) is 0 Å². The highest BCUT2D eigenvalue weighted by Gasteiger charge is 2.09. The molecule has 0 spiro atoms. The lowest BCUT2D eigenvalue weighted by atomic mass is 10.1. The predicted octanol–water partition coefficient (Wildman–Crippen LogP) is 3.39. The van der Waals surface area contributed by atoms with Gasteiger partial charge in [-0.05, 0) is 43.2 Å². The largest absolute Gasteiger partial charge is 0.478 e. The van der Waals surface area contributed by atoms with Gasteiger partial charge < -0.3 is 5.11 Å². The van der Waals surface area contributed by atoms with Gasteiger partial charge in [-0.25, -0.2) is 4.79 Å². The standard InChI is InChI=1S/C17H19NO3/c1-2-21-18(13-12-14-6-4-3-5-7-14)16-10-8-15(9-11-16)17(19)20/h3-11H,2,12-13H2,1H3,(H,19,20). The minimum absolute atomic E-state index is 0.276. The highest BCUT2D eigenvalue weighted by Crippen LogP contribution is 2.17. The Balaban J connectivity index is 2.05. The Labute approximate surface area is 124 Å². The van der Waals surface area contributed by atoms with Crippen molar-refractivity contribution in [1.82, 2.24) is 0 Å². The van der Waals surface area contributed by atoms with Gasteiger partial charge in [0.25, 0.3) is 0 Å². The van der Waals surface area contributed by atoms with E-state index in [-0.39, 0.29) is 5.56 Å². The maximum atomic E-state index is 10.9. The normalized spacial score (nSPS) is 10.3. The van der Waals surface area contributed by atoms with E-state index < -0.39 is 5.97 Å². The third-order valence-corrected chi connectivity index (χ3v) is 3.13. The molecule has 4 heteroatoms. The maximum Gasteiger partial charge on any atom is 0.335 e. The molecular weight excluding hydrogens is 266 g/mol. The first kappa shape index (κ1) is 15.1. The molecule has 0 amide bonds. The van der Waals surface area contributed by atoms with Crippen molar-refractivity contribution in [3.05, 3.63) is 65.7 Å². The molecule has 0 fully saturated rings. The van der Waals surface area contributed by atoms with Gasteiger partial charge in [0.2, 0.25) is 0 Å². The van der Waals surface area contributed by atoms with Crippen molar-refractivity contribution in [3.63, 3.8) is 0 Å². The van der Waals surface area contributed by atoms with Gasteiger partial charge >= 0.3 is 5.97 Å². The van der Waals surface area contributed by atoms with Gasteiger partial charge in [-0.2, -0.15) is 0 Å². The van der Waals surface area contributed by atoms with E-state index >= 15 is 0 Å². The van der Waals surface area contributed by atoms with E-state index in [1.54, 1.807) is 29.3 Å². The van der Waals surface area contributed by atoms with Crippen LogP contribution in [0.5, 0.6) is 0 Å². The molecule has 21 heavy (non-hydrogen) atoms. The first-order chi connectivity index (χ1) is 10.2. The molecule has 0 atom stereocenters. The van der Waals surface area contributed by atoms with Crippen LogP contribution in [0.1, 0.15) is 22.8 Å². The molecule has 0 radical (unpaired) electrons. The number of anilines is 1. The number of nitrogens with zero attached hydrogens (tertiary/aromatic N) is 1. The van der Waals surface area contributed by atoms with Gasteiger partial charge in [0, 0.05) is 6.54 Å². The number of hydroxylamine groups is 1. The number of rotatable bonds is 7. The highest BCUT2D eigenvalue weighted by atomic mass is 16.7. The van der Waals surface area contributed by atoms with Crippen LogP contribution in [0.4, 0.5) is 5.69 Å². The molecule has 4 nitrogen and oxygen atoms in total. The summed E-state index contributed by atoms with van der Waals surface area (Å²) in [6, 6.07) is 16.9. The quantitative estimate of drug-likeness (QED) is 0.792. The molecule has 2 aromatic rings. The summed E-state index contributed by atoms with van der Waals surface area (Å²) in [6.45, 7) is 3.21. The van der Waals surface area contributed by atoms with Gasteiger partial charge in [-0.15, -0.1) is 0 Å². The average molecular weight is 285 g/mol. The SMILES string of the molecule is CCON(CCc1ccccc1)c1ccc(C(=O)O)cc1. The molecule has 2 aromatic carbocycles. The summed E-state index contributed by atoms with van der Waals surface area (Å²) in [4.78, 5) is 16.5. The lowest BCUT2D eigenvalue weighted by Crippen LogP contribution is -2.26.